The molecule has 19 heavy (non-hydrogen) atoms. The zero-order valence-electron chi connectivity index (χ0n) is 11.4. The molecule has 0 radical (unpaired) electrons. The SMILES string of the molecule is Cc1ccc(C=CCC(=O)c2ccc(C)cc2)cc1. The number of Topliss-reactive ketones (excluding diaryl/α,β-unsaturated/α-hetero) is 1. The Kier molecular flexibility index (Phi) is 4.30. The van der Waals surface area contributed by atoms with Crippen LogP contribution in [0.1, 0.15) is 33.5 Å². The Morgan fingerprint density at radius 1 is 0.895 bits per heavy atom. The van der Waals surface area contributed by atoms with Gasteiger partial charge in [0.25, 0.3) is 0 Å². The maximum absolute atomic E-state index is 11.9. The first kappa shape index (κ1) is 13.3. The molecule has 0 aliphatic rings. The van der Waals surface area contributed by atoms with Crippen LogP contribution in [0.2, 0.25) is 0 Å². The molecular weight excluding hydrogens is 232 g/mol. The van der Waals surface area contributed by atoms with Gasteiger partial charge in [-0.25, -0.2) is 0 Å². The van der Waals surface area contributed by atoms with Gasteiger partial charge < -0.3 is 0 Å². The quantitative estimate of drug-likeness (QED) is 0.725. The van der Waals surface area contributed by atoms with E-state index in [9.17, 15) is 4.79 Å². The van der Waals surface area contributed by atoms with E-state index in [1.165, 1.54) is 11.1 Å². The Balaban J connectivity index is 1.96. The summed E-state index contributed by atoms with van der Waals surface area (Å²) in [4.78, 5) is 11.9. The second-order valence-corrected chi connectivity index (χ2v) is 4.81. The highest BCUT2D eigenvalue weighted by molar-refractivity contribution is 5.97. The van der Waals surface area contributed by atoms with Crippen LogP contribution in [-0.4, -0.2) is 5.78 Å². The smallest absolute Gasteiger partial charge is 0.166 e. The van der Waals surface area contributed by atoms with E-state index >= 15 is 0 Å². The van der Waals surface area contributed by atoms with Crippen LogP contribution in [0.3, 0.4) is 0 Å². The van der Waals surface area contributed by atoms with Gasteiger partial charge in [-0.1, -0.05) is 71.8 Å². The number of carbonyl (C=O) groups is 1. The summed E-state index contributed by atoms with van der Waals surface area (Å²) in [5.74, 6) is 0.156. The van der Waals surface area contributed by atoms with E-state index in [1.54, 1.807) is 0 Å². The summed E-state index contributed by atoms with van der Waals surface area (Å²) in [7, 11) is 0. The van der Waals surface area contributed by atoms with Crippen molar-refractivity contribution in [1.82, 2.24) is 0 Å². The lowest BCUT2D eigenvalue weighted by Crippen LogP contribution is -1.96. The number of rotatable bonds is 4. The summed E-state index contributed by atoms with van der Waals surface area (Å²) in [5, 5.41) is 0. The highest BCUT2D eigenvalue weighted by Crippen LogP contribution is 2.09. The Morgan fingerprint density at radius 3 is 2.00 bits per heavy atom. The van der Waals surface area contributed by atoms with Crippen molar-refractivity contribution >= 4 is 11.9 Å². The van der Waals surface area contributed by atoms with Crippen LogP contribution in [-0.2, 0) is 0 Å². The molecule has 0 aliphatic heterocycles. The van der Waals surface area contributed by atoms with E-state index in [0.29, 0.717) is 6.42 Å². The van der Waals surface area contributed by atoms with Gasteiger partial charge in [-0.2, -0.15) is 0 Å². The van der Waals surface area contributed by atoms with Crippen LogP contribution in [0.25, 0.3) is 6.08 Å². The first-order chi connectivity index (χ1) is 9.15. The van der Waals surface area contributed by atoms with Crippen molar-refractivity contribution in [3.8, 4) is 0 Å². The molecule has 2 aromatic carbocycles. The molecule has 2 rings (SSSR count). The predicted molar refractivity (Wildman–Crippen MR) is 80.3 cm³/mol. The Labute approximate surface area is 114 Å². The van der Waals surface area contributed by atoms with Crippen LogP contribution in [0, 0.1) is 13.8 Å². The summed E-state index contributed by atoms with van der Waals surface area (Å²) in [6.45, 7) is 4.08. The number of hydrogen-bond donors (Lipinski definition) is 0. The molecule has 0 saturated heterocycles. The normalized spacial score (nSPS) is 10.8. The van der Waals surface area contributed by atoms with Crippen molar-refractivity contribution in [1.29, 1.82) is 0 Å². The third-order valence-corrected chi connectivity index (χ3v) is 3.06. The van der Waals surface area contributed by atoms with E-state index < -0.39 is 0 Å². The second kappa shape index (κ2) is 6.14. The Hall–Kier alpha value is -2.15. The lowest BCUT2D eigenvalue weighted by molar-refractivity contribution is 0.0996. The monoisotopic (exact) mass is 250 g/mol. The predicted octanol–water partition coefficient (Wildman–Crippen LogP) is 4.59. The molecule has 0 N–H and O–H groups in total. The molecule has 0 amide bonds. The lowest BCUT2D eigenvalue weighted by Gasteiger charge is -1.99. The molecule has 0 heterocycles. The van der Waals surface area contributed by atoms with Crippen molar-refractivity contribution in [2.75, 3.05) is 0 Å². The van der Waals surface area contributed by atoms with Gasteiger partial charge >= 0.3 is 0 Å². The van der Waals surface area contributed by atoms with Crippen LogP contribution in [0.5, 0.6) is 0 Å². The van der Waals surface area contributed by atoms with Gasteiger partial charge in [-0.3, -0.25) is 4.79 Å². The van der Waals surface area contributed by atoms with Crippen molar-refractivity contribution in [2.45, 2.75) is 20.3 Å². The molecule has 0 aromatic heterocycles. The van der Waals surface area contributed by atoms with Crippen molar-refractivity contribution < 1.29 is 4.79 Å². The molecule has 0 bridgehead atoms. The fourth-order valence-electron chi connectivity index (χ4n) is 1.84. The highest BCUT2D eigenvalue weighted by Gasteiger charge is 2.02. The Morgan fingerprint density at radius 2 is 1.42 bits per heavy atom. The minimum Gasteiger partial charge on any atom is -0.294 e. The van der Waals surface area contributed by atoms with Crippen LogP contribution in [0.4, 0.5) is 0 Å². The lowest BCUT2D eigenvalue weighted by atomic mass is 10.1. The number of hydrogen-bond acceptors (Lipinski definition) is 1. The summed E-state index contributed by atoms with van der Waals surface area (Å²) in [6.07, 6.45) is 4.36. The molecular formula is C18H18O. The minimum absolute atomic E-state index is 0.156. The van der Waals surface area contributed by atoms with E-state index in [-0.39, 0.29) is 5.78 Å². The molecule has 0 unspecified atom stereocenters. The summed E-state index contributed by atoms with van der Waals surface area (Å²) in [6, 6.07) is 16.0. The van der Waals surface area contributed by atoms with Gasteiger partial charge in [-0.05, 0) is 19.4 Å². The first-order valence-corrected chi connectivity index (χ1v) is 6.48. The third-order valence-electron chi connectivity index (χ3n) is 3.06. The fraction of sp³-hybridized carbons (Fsp3) is 0.167. The topological polar surface area (TPSA) is 17.1 Å². The summed E-state index contributed by atoms with van der Waals surface area (Å²) >= 11 is 0. The molecule has 0 aliphatic carbocycles. The van der Waals surface area contributed by atoms with Gasteiger partial charge in [0, 0.05) is 12.0 Å². The molecule has 1 heteroatoms. The standard InChI is InChI=1S/C18H18O/c1-14-6-10-16(11-7-14)4-3-5-18(19)17-12-8-15(2)9-13-17/h3-4,6-13H,5H2,1-2H3. The van der Waals surface area contributed by atoms with E-state index in [0.717, 1.165) is 11.1 Å². The zero-order valence-corrected chi connectivity index (χ0v) is 11.4. The van der Waals surface area contributed by atoms with Crippen LogP contribution >= 0.6 is 0 Å². The number of ketones is 1. The maximum Gasteiger partial charge on any atom is 0.166 e. The summed E-state index contributed by atoms with van der Waals surface area (Å²) in [5.41, 5.74) is 4.32. The van der Waals surface area contributed by atoms with Gasteiger partial charge in [0.1, 0.15) is 0 Å². The molecule has 1 nitrogen and oxygen atoms in total. The van der Waals surface area contributed by atoms with E-state index in [2.05, 4.69) is 31.2 Å². The molecule has 0 spiro atoms. The molecule has 0 atom stereocenters. The van der Waals surface area contributed by atoms with E-state index in [1.807, 2.05) is 43.3 Å². The first-order valence-electron chi connectivity index (χ1n) is 6.48. The summed E-state index contributed by atoms with van der Waals surface area (Å²) < 4.78 is 0. The van der Waals surface area contributed by atoms with Crippen molar-refractivity contribution in [3.63, 3.8) is 0 Å². The van der Waals surface area contributed by atoms with Crippen LogP contribution < -0.4 is 0 Å². The van der Waals surface area contributed by atoms with Crippen molar-refractivity contribution in [3.05, 3.63) is 76.9 Å². The van der Waals surface area contributed by atoms with Gasteiger partial charge in [0.2, 0.25) is 0 Å². The van der Waals surface area contributed by atoms with Gasteiger partial charge in [0.15, 0.2) is 5.78 Å². The minimum atomic E-state index is 0.156. The molecule has 96 valence electrons. The van der Waals surface area contributed by atoms with Gasteiger partial charge in [-0.15, -0.1) is 0 Å². The van der Waals surface area contributed by atoms with Gasteiger partial charge in [0.05, 0.1) is 0 Å². The van der Waals surface area contributed by atoms with Crippen molar-refractivity contribution in [2.24, 2.45) is 0 Å². The van der Waals surface area contributed by atoms with E-state index in [4.69, 9.17) is 0 Å². The maximum atomic E-state index is 11.9. The second-order valence-electron chi connectivity index (χ2n) is 4.81. The molecule has 0 fully saturated rings. The average molecular weight is 250 g/mol. The number of aryl methyl sites for hydroxylation is 2. The van der Waals surface area contributed by atoms with Crippen LogP contribution in [0.15, 0.2) is 54.6 Å². The number of carbonyl (C=O) groups excluding carboxylic acids is 1. The Bertz CT molecular complexity index is 574. The zero-order chi connectivity index (χ0) is 13.7. The highest BCUT2D eigenvalue weighted by atomic mass is 16.1. The number of allylic oxidation sites excluding steroid dienone is 1. The fourth-order valence-corrected chi connectivity index (χ4v) is 1.84. The third kappa shape index (κ3) is 3.92. The largest absolute Gasteiger partial charge is 0.294 e. The molecule has 0 saturated carbocycles. The number of benzene rings is 2. The molecule has 2 aromatic rings. The average Bonchev–Trinajstić information content (AvgIpc) is 2.41.